The van der Waals surface area contributed by atoms with Crippen molar-refractivity contribution in [2.75, 3.05) is 72.0 Å². The highest BCUT2D eigenvalue weighted by Crippen LogP contribution is 2.43. The highest BCUT2D eigenvalue weighted by Gasteiger charge is 2.42. The fourth-order valence-corrected chi connectivity index (χ4v) is 8.09. The molecule has 1 atom stereocenters. The molecule has 274 valence electrons. The van der Waals surface area contributed by atoms with Crippen LogP contribution in [0.1, 0.15) is 46.7 Å². The Morgan fingerprint density at radius 3 is 2.38 bits per heavy atom. The SMILES string of the molecule is COc1cc(C(=O)N2CCC(CCN3CCCN(c4nc5ccccc5n4Cc4ccc(C)o4)CC3)(c3ccc(Cl)c(Cl)c3)C2)cc(OC)c1OC. The fourth-order valence-electron chi connectivity index (χ4n) is 7.80. The number of nitrogens with zero attached hydrogens (tertiary/aromatic N) is 5. The van der Waals surface area contributed by atoms with Crippen molar-refractivity contribution in [3.05, 3.63) is 99.4 Å². The Morgan fingerprint density at radius 1 is 0.885 bits per heavy atom. The first kappa shape index (κ1) is 36.0. The van der Waals surface area contributed by atoms with E-state index in [4.69, 9.17) is 46.8 Å². The second-order valence-electron chi connectivity index (χ2n) is 13.7. The molecule has 7 rings (SSSR count). The number of anilines is 1. The Bertz CT molecular complexity index is 2040. The third-order valence-electron chi connectivity index (χ3n) is 10.6. The summed E-state index contributed by atoms with van der Waals surface area (Å²) < 4.78 is 24.8. The highest BCUT2D eigenvalue weighted by atomic mass is 35.5. The van der Waals surface area contributed by atoms with Crippen molar-refractivity contribution in [2.24, 2.45) is 0 Å². The number of benzene rings is 3. The lowest BCUT2D eigenvalue weighted by molar-refractivity contribution is 0.0780. The summed E-state index contributed by atoms with van der Waals surface area (Å²) in [6, 6.07) is 21.7. The van der Waals surface area contributed by atoms with Gasteiger partial charge in [0.1, 0.15) is 11.5 Å². The minimum absolute atomic E-state index is 0.0841. The van der Waals surface area contributed by atoms with E-state index in [9.17, 15) is 4.79 Å². The van der Waals surface area contributed by atoms with E-state index in [0.717, 1.165) is 86.1 Å². The van der Waals surface area contributed by atoms with E-state index in [1.165, 1.54) is 0 Å². The van der Waals surface area contributed by atoms with Crippen LogP contribution in [-0.4, -0.2) is 92.4 Å². The average Bonchev–Trinajstić information content (AvgIpc) is 3.84. The predicted octanol–water partition coefficient (Wildman–Crippen LogP) is 7.70. The van der Waals surface area contributed by atoms with Gasteiger partial charge in [0.15, 0.2) is 11.5 Å². The zero-order valence-corrected chi connectivity index (χ0v) is 31.7. The molecule has 0 bridgehead atoms. The van der Waals surface area contributed by atoms with Crippen molar-refractivity contribution in [2.45, 2.75) is 38.1 Å². The fraction of sp³-hybridized carbons (Fsp3) is 0.400. The molecular formula is C40H45Cl2N5O5. The van der Waals surface area contributed by atoms with Crippen LogP contribution in [0, 0.1) is 6.92 Å². The number of aromatic nitrogens is 2. The summed E-state index contributed by atoms with van der Waals surface area (Å²) in [6.45, 7) is 8.27. The maximum Gasteiger partial charge on any atom is 0.254 e. The van der Waals surface area contributed by atoms with Gasteiger partial charge in [-0.3, -0.25) is 4.79 Å². The quantitative estimate of drug-likeness (QED) is 0.136. The number of rotatable bonds is 11. The first-order valence-corrected chi connectivity index (χ1v) is 18.5. The maximum atomic E-state index is 14.1. The van der Waals surface area contributed by atoms with Gasteiger partial charge in [-0.05, 0) is 93.4 Å². The van der Waals surface area contributed by atoms with Gasteiger partial charge >= 0.3 is 0 Å². The van der Waals surface area contributed by atoms with E-state index >= 15 is 0 Å². The van der Waals surface area contributed by atoms with Crippen molar-refractivity contribution in [3.8, 4) is 17.2 Å². The van der Waals surface area contributed by atoms with Gasteiger partial charge in [0.2, 0.25) is 11.7 Å². The van der Waals surface area contributed by atoms with Gasteiger partial charge in [-0.25, -0.2) is 4.98 Å². The molecule has 12 heteroatoms. The molecule has 0 aliphatic carbocycles. The monoisotopic (exact) mass is 745 g/mol. The molecule has 2 aliphatic rings. The number of hydrogen-bond acceptors (Lipinski definition) is 8. The van der Waals surface area contributed by atoms with E-state index in [1.54, 1.807) is 33.5 Å². The molecule has 52 heavy (non-hydrogen) atoms. The first-order chi connectivity index (χ1) is 25.2. The molecule has 2 fully saturated rings. The number of carbonyl (C=O) groups is 1. The van der Waals surface area contributed by atoms with Crippen molar-refractivity contribution < 1.29 is 23.4 Å². The van der Waals surface area contributed by atoms with Crippen molar-refractivity contribution in [1.82, 2.24) is 19.4 Å². The molecule has 0 radical (unpaired) electrons. The Hall–Kier alpha value is -4.38. The van der Waals surface area contributed by atoms with Gasteiger partial charge in [-0.1, -0.05) is 41.4 Å². The second-order valence-corrected chi connectivity index (χ2v) is 14.5. The molecule has 2 saturated heterocycles. The summed E-state index contributed by atoms with van der Waals surface area (Å²) >= 11 is 13.0. The largest absolute Gasteiger partial charge is 0.493 e. The number of halogens is 2. The molecule has 0 saturated carbocycles. The van der Waals surface area contributed by atoms with Crippen LogP contribution < -0.4 is 19.1 Å². The number of carbonyl (C=O) groups excluding carboxylic acids is 1. The van der Waals surface area contributed by atoms with Crippen LogP contribution >= 0.6 is 23.2 Å². The van der Waals surface area contributed by atoms with Gasteiger partial charge < -0.3 is 37.9 Å². The summed E-state index contributed by atoms with van der Waals surface area (Å²) in [4.78, 5) is 26.0. The number of ether oxygens (including phenoxy) is 3. The molecule has 0 N–H and O–H groups in total. The van der Waals surface area contributed by atoms with E-state index in [1.807, 2.05) is 42.2 Å². The molecule has 1 amide bonds. The third kappa shape index (κ3) is 7.16. The highest BCUT2D eigenvalue weighted by molar-refractivity contribution is 6.42. The van der Waals surface area contributed by atoms with E-state index in [-0.39, 0.29) is 11.3 Å². The number of para-hydroxylation sites is 2. The summed E-state index contributed by atoms with van der Waals surface area (Å²) in [5.74, 6) is 4.06. The van der Waals surface area contributed by atoms with Crippen LogP contribution in [0.5, 0.6) is 17.2 Å². The number of hydrogen-bond donors (Lipinski definition) is 0. The molecule has 2 aliphatic heterocycles. The minimum Gasteiger partial charge on any atom is -0.493 e. The zero-order valence-electron chi connectivity index (χ0n) is 30.2. The first-order valence-electron chi connectivity index (χ1n) is 17.7. The number of amides is 1. The second kappa shape index (κ2) is 15.3. The van der Waals surface area contributed by atoms with E-state index in [0.29, 0.717) is 52.5 Å². The topological polar surface area (TPSA) is 85.4 Å². The number of methoxy groups -OCH3 is 3. The van der Waals surface area contributed by atoms with Crippen LogP contribution in [0.25, 0.3) is 11.0 Å². The molecule has 0 spiro atoms. The Balaban J connectivity index is 1.09. The van der Waals surface area contributed by atoms with Crippen molar-refractivity contribution in [1.29, 1.82) is 0 Å². The number of furan rings is 1. The lowest BCUT2D eigenvalue weighted by Gasteiger charge is -2.33. The molecule has 5 aromatic rings. The van der Waals surface area contributed by atoms with E-state index in [2.05, 4.69) is 38.6 Å². The summed E-state index contributed by atoms with van der Waals surface area (Å²) in [6.07, 6.45) is 2.67. The number of fused-ring (bicyclic) bond motifs is 1. The Kier molecular flexibility index (Phi) is 10.6. The zero-order chi connectivity index (χ0) is 36.4. The minimum atomic E-state index is -0.300. The third-order valence-corrected chi connectivity index (χ3v) is 11.3. The van der Waals surface area contributed by atoms with Crippen LogP contribution in [0.15, 0.2) is 71.1 Å². The summed E-state index contributed by atoms with van der Waals surface area (Å²) in [7, 11) is 4.66. The van der Waals surface area contributed by atoms with Gasteiger partial charge in [0.05, 0.1) is 49.0 Å². The van der Waals surface area contributed by atoms with Gasteiger partial charge in [-0.15, -0.1) is 0 Å². The normalized spacial score (nSPS) is 18.2. The van der Waals surface area contributed by atoms with Crippen LogP contribution in [0.2, 0.25) is 10.0 Å². The van der Waals surface area contributed by atoms with Gasteiger partial charge in [0.25, 0.3) is 5.91 Å². The lowest BCUT2D eigenvalue weighted by atomic mass is 9.76. The maximum absolute atomic E-state index is 14.1. The van der Waals surface area contributed by atoms with Crippen LogP contribution in [0.3, 0.4) is 0 Å². The van der Waals surface area contributed by atoms with Crippen molar-refractivity contribution >= 4 is 46.1 Å². The number of likely N-dealkylation sites (tertiary alicyclic amines) is 1. The van der Waals surface area contributed by atoms with E-state index < -0.39 is 0 Å². The molecule has 10 nitrogen and oxygen atoms in total. The van der Waals surface area contributed by atoms with Crippen LogP contribution in [0.4, 0.5) is 5.95 Å². The van der Waals surface area contributed by atoms with Crippen molar-refractivity contribution in [3.63, 3.8) is 0 Å². The molecule has 1 unspecified atom stereocenters. The standard InChI is InChI=1S/C40H45Cl2N5O5/c1-27-10-12-30(52-27)25-47-34-9-6-5-8-33(34)43-39(47)45-17-7-16-44(20-21-45)18-14-40(29-11-13-31(41)32(42)24-29)15-19-46(26-40)38(48)28-22-35(49-2)37(51-4)36(23-28)50-3/h5-6,8-13,22-24H,7,14-21,25-26H2,1-4H3. The number of aryl methyl sites for hydroxylation is 1. The molecular weight excluding hydrogens is 701 g/mol. The summed E-state index contributed by atoms with van der Waals surface area (Å²) in [5.41, 5.74) is 3.37. The van der Waals surface area contributed by atoms with Crippen LogP contribution in [-0.2, 0) is 12.0 Å². The Morgan fingerprint density at radius 2 is 1.67 bits per heavy atom. The Labute approximate surface area is 314 Å². The van der Waals surface area contributed by atoms with Gasteiger partial charge in [0, 0.05) is 43.7 Å². The average molecular weight is 747 g/mol. The molecule has 4 heterocycles. The lowest BCUT2D eigenvalue weighted by Crippen LogP contribution is -2.39. The molecule has 3 aromatic carbocycles. The summed E-state index contributed by atoms with van der Waals surface area (Å²) in [5, 5.41) is 1.04. The smallest absolute Gasteiger partial charge is 0.254 e. The molecule has 2 aromatic heterocycles. The number of imidazole rings is 1. The van der Waals surface area contributed by atoms with Gasteiger partial charge in [-0.2, -0.15) is 0 Å². The predicted molar refractivity (Wildman–Crippen MR) is 205 cm³/mol.